The molecule has 2 fully saturated rings. The van der Waals surface area contributed by atoms with Crippen molar-refractivity contribution < 1.29 is 4.79 Å². The van der Waals surface area contributed by atoms with Crippen molar-refractivity contribution in [3.05, 3.63) is 18.0 Å². The van der Waals surface area contributed by atoms with Crippen LogP contribution in [0.1, 0.15) is 18.5 Å². The number of hydrogen-bond acceptors (Lipinski definition) is 4. The quantitative estimate of drug-likeness (QED) is 0.851. The molecule has 3 aliphatic heterocycles. The molecule has 0 atom stereocenters. The molecular formula is C16H25N5O. The summed E-state index contributed by atoms with van der Waals surface area (Å²) in [4.78, 5) is 17.2. The maximum absolute atomic E-state index is 12.5. The lowest BCUT2D eigenvalue weighted by atomic mass is 9.98. The summed E-state index contributed by atoms with van der Waals surface area (Å²) >= 11 is 0. The number of rotatable bonds is 3. The van der Waals surface area contributed by atoms with Gasteiger partial charge in [-0.25, -0.2) is 0 Å². The molecule has 4 rings (SSSR count). The van der Waals surface area contributed by atoms with Gasteiger partial charge in [0.2, 0.25) is 5.91 Å². The fourth-order valence-corrected chi connectivity index (χ4v) is 3.94. The highest BCUT2D eigenvalue weighted by Crippen LogP contribution is 2.21. The second kappa shape index (κ2) is 6.01. The zero-order valence-electron chi connectivity index (χ0n) is 13.1. The molecule has 1 aromatic heterocycles. The molecule has 1 amide bonds. The highest BCUT2D eigenvalue weighted by molar-refractivity contribution is 5.76. The molecule has 22 heavy (non-hydrogen) atoms. The Balaban J connectivity index is 1.33. The third-order valence-electron chi connectivity index (χ3n) is 5.40. The number of fused-ring (bicyclic) bond motifs is 1. The summed E-state index contributed by atoms with van der Waals surface area (Å²) in [5.74, 6) is 1.08. The van der Waals surface area contributed by atoms with Crippen molar-refractivity contribution >= 4 is 5.91 Å². The van der Waals surface area contributed by atoms with Crippen molar-refractivity contribution in [1.29, 1.82) is 0 Å². The molecule has 4 heterocycles. The Morgan fingerprint density at radius 1 is 1.23 bits per heavy atom. The predicted molar refractivity (Wildman–Crippen MR) is 83.5 cm³/mol. The van der Waals surface area contributed by atoms with Crippen LogP contribution in [0.25, 0.3) is 0 Å². The van der Waals surface area contributed by atoms with Gasteiger partial charge < -0.3 is 15.1 Å². The van der Waals surface area contributed by atoms with Crippen molar-refractivity contribution in [2.45, 2.75) is 31.8 Å². The summed E-state index contributed by atoms with van der Waals surface area (Å²) in [5.41, 5.74) is 1.19. The van der Waals surface area contributed by atoms with E-state index < -0.39 is 0 Å². The van der Waals surface area contributed by atoms with Gasteiger partial charge in [-0.1, -0.05) is 0 Å². The van der Waals surface area contributed by atoms with E-state index in [4.69, 9.17) is 0 Å². The van der Waals surface area contributed by atoms with Crippen LogP contribution in [-0.2, 0) is 17.8 Å². The summed E-state index contributed by atoms with van der Waals surface area (Å²) in [6.45, 7) is 7.11. The Kier molecular flexibility index (Phi) is 3.88. The Hall–Kier alpha value is -1.40. The summed E-state index contributed by atoms with van der Waals surface area (Å²) in [5, 5.41) is 7.60. The third-order valence-corrected chi connectivity index (χ3v) is 5.40. The van der Waals surface area contributed by atoms with Crippen molar-refractivity contribution in [3.63, 3.8) is 0 Å². The first kappa shape index (κ1) is 14.2. The second-order valence-electron chi connectivity index (χ2n) is 6.87. The molecule has 2 saturated heterocycles. The number of carbonyl (C=O) groups is 1. The molecule has 0 spiro atoms. The molecular weight excluding hydrogens is 278 g/mol. The van der Waals surface area contributed by atoms with Crippen LogP contribution >= 0.6 is 0 Å². The second-order valence-corrected chi connectivity index (χ2v) is 6.87. The van der Waals surface area contributed by atoms with Gasteiger partial charge in [-0.3, -0.25) is 9.48 Å². The molecule has 0 bridgehead atoms. The first-order valence-corrected chi connectivity index (χ1v) is 8.53. The fraction of sp³-hybridized carbons (Fsp3) is 0.750. The molecule has 0 saturated carbocycles. The average Bonchev–Trinajstić information content (AvgIpc) is 2.85. The highest BCUT2D eigenvalue weighted by atomic mass is 16.2. The minimum atomic E-state index is 0.240. The molecule has 0 aliphatic carbocycles. The van der Waals surface area contributed by atoms with Gasteiger partial charge in [0.05, 0.1) is 0 Å². The van der Waals surface area contributed by atoms with Gasteiger partial charge in [0.15, 0.2) is 0 Å². The topological polar surface area (TPSA) is 53.4 Å². The van der Waals surface area contributed by atoms with E-state index in [1.807, 2.05) is 10.7 Å². The smallest absolute Gasteiger partial charge is 0.244 e. The third kappa shape index (κ3) is 2.77. The maximum Gasteiger partial charge on any atom is 0.244 e. The summed E-state index contributed by atoms with van der Waals surface area (Å²) in [7, 11) is 0. The van der Waals surface area contributed by atoms with Crippen molar-refractivity contribution in [3.8, 4) is 0 Å². The number of hydrogen-bond donors (Lipinski definition) is 1. The fourth-order valence-electron chi connectivity index (χ4n) is 3.94. The van der Waals surface area contributed by atoms with Crippen LogP contribution in [0, 0.1) is 5.92 Å². The molecule has 0 radical (unpaired) electrons. The normalized spacial score (nSPS) is 24.9. The van der Waals surface area contributed by atoms with E-state index in [0.717, 1.165) is 44.8 Å². The molecule has 120 valence electrons. The van der Waals surface area contributed by atoms with Crippen LogP contribution in [0.2, 0.25) is 0 Å². The minimum Gasteiger partial charge on any atom is -0.338 e. The van der Waals surface area contributed by atoms with Crippen LogP contribution in [0.4, 0.5) is 0 Å². The Morgan fingerprint density at radius 2 is 2.05 bits per heavy atom. The van der Waals surface area contributed by atoms with Crippen LogP contribution in [0.3, 0.4) is 0 Å². The Bertz CT molecular complexity index is 530. The van der Waals surface area contributed by atoms with E-state index >= 15 is 0 Å². The van der Waals surface area contributed by atoms with E-state index in [9.17, 15) is 4.79 Å². The van der Waals surface area contributed by atoms with Crippen LogP contribution < -0.4 is 5.32 Å². The maximum atomic E-state index is 12.5. The molecule has 0 aromatic carbocycles. The van der Waals surface area contributed by atoms with Crippen molar-refractivity contribution in [2.75, 3.05) is 39.3 Å². The zero-order chi connectivity index (χ0) is 14.9. The average molecular weight is 303 g/mol. The van der Waals surface area contributed by atoms with Crippen molar-refractivity contribution in [1.82, 2.24) is 24.9 Å². The van der Waals surface area contributed by atoms with Gasteiger partial charge in [0.1, 0.15) is 6.54 Å². The lowest BCUT2D eigenvalue weighted by Gasteiger charge is -2.40. The standard InChI is InChI=1S/C16H25N5O/c22-16-12-21-15(1-5-18-21)4-8-20(16)14-2-6-19(7-3-14)11-13-9-17-10-13/h1,5,13-14,17H,2-4,6-12H2. The van der Waals surface area contributed by atoms with Crippen molar-refractivity contribution in [2.24, 2.45) is 5.92 Å². The molecule has 1 N–H and O–H groups in total. The van der Waals surface area contributed by atoms with E-state index in [2.05, 4.69) is 20.2 Å². The number of piperidine rings is 1. The van der Waals surface area contributed by atoms with Gasteiger partial charge in [-0.2, -0.15) is 5.10 Å². The molecule has 6 heteroatoms. The van der Waals surface area contributed by atoms with Gasteiger partial charge in [-0.15, -0.1) is 0 Å². The number of aromatic nitrogens is 2. The van der Waals surface area contributed by atoms with Gasteiger partial charge in [0.25, 0.3) is 0 Å². The summed E-state index contributed by atoms with van der Waals surface area (Å²) < 4.78 is 1.86. The van der Waals surface area contributed by atoms with E-state index in [0.29, 0.717) is 12.6 Å². The summed E-state index contributed by atoms with van der Waals surface area (Å²) in [6.07, 6.45) is 4.97. The minimum absolute atomic E-state index is 0.240. The SMILES string of the molecule is O=C1Cn2nccc2CCN1C1CCN(CC2CNC2)CC1. The number of likely N-dealkylation sites (tertiary alicyclic amines) is 1. The molecule has 6 nitrogen and oxygen atoms in total. The predicted octanol–water partition coefficient (Wildman–Crippen LogP) is -0.0484. The molecule has 1 aromatic rings. The van der Waals surface area contributed by atoms with Gasteiger partial charge in [-0.05, 0) is 24.8 Å². The number of carbonyl (C=O) groups excluding carboxylic acids is 1. The van der Waals surface area contributed by atoms with Gasteiger partial charge in [0, 0.05) is 63.6 Å². The first-order valence-electron chi connectivity index (χ1n) is 8.53. The first-order chi connectivity index (χ1) is 10.8. The van der Waals surface area contributed by atoms with E-state index in [1.165, 1.54) is 25.3 Å². The highest BCUT2D eigenvalue weighted by Gasteiger charge is 2.31. The molecule has 0 unspecified atom stereocenters. The van der Waals surface area contributed by atoms with Gasteiger partial charge >= 0.3 is 0 Å². The number of amides is 1. The lowest BCUT2D eigenvalue weighted by Crippen LogP contribution is -2.52. The Morgan fingerprint density at radius 3 is 2.77 bits per heavy atom. The summed E-state index contributed by atoms with van der Waals surface area (Å²) in [6, 6.07) is 2.46. The molecule has 3 aliphatic rings. The van der Waals surface area contributed by atoms with E-state index in [-0.39, 0.29) is 5.91 Å². The number of nitrogens with one attached hydrogen (secondary N) is 1. The van der Waals surface area contributed by atoms with Crippen LogP contribution in [-0.4, -0.2) is 70.8 Å². The number of nitrogens with zero attached hydrogens (tertiary/aromatic N) is 4. The Labute approximate surface area is 131 Å². The van der Waals surface area contributed by atoms with Crippen LogP contribution in [0.5, 0.6) is 0 Å². The zero-order valence-corrected chi connectivity index (χ0v) is 13.1. The monoisotopic (exact) mass is 303 g/mol. The lowest BCUT2D eigenvalue weighted by molar-refractivity contribution is -0.134. The van der Waals surface area contributed by atoms with E-state index in [1.54, 1.807) is 6.20 Å². The van der Waals surface area contributed by atoms with Crippen LogP contribution in [0.15, 0.2) is 12.3 Å². The largest absolute Gasteiger partial charge is 0.338 e.